The average molecular weight is 353 g/mol. The Balaban J connectivity index is 0. The number of rotatable bonds is 8. The van der Waals surface area contributed by atoms with Gasteiger partial charge >= 0.3 is 0 Å². The molecule has 0 amide bonds. The first-order valence-electron chi connectivity index (χ1n) is 8.65. The number of halogens is 2. The molecule has 22 heavy (non-hydrogen) atoms. The summed E-state index contributed by atoms with van der Waals surface area (Å²) in [5, 5.41) is 0. The van der Waals surface area contributed by atoms with E-state index in [1.54, 1.807) is 11.1 Å². The van der Waals surface area contributed by atoms with Crippen LogP contribution in [0.3, 0.4) is 0 Å². The molecule has 0 N–H and O–H groups in total. The standard InChI is InChI=1S/C18H36N2.2ClH/c1-7-19(8-2)13-17-11-15(5)16(6)12-18(17)14-20(9-3)10-4;;/h17-18H,7-14H2,1-6H3;2*1H/t17-,18-;;/m1../s1. The van der Waals surface area contributed by atoms with Crippen molar-refractivity contribution in [2.24, 2.45) is 11.8 Å². The molecule has 0 spiro atoms. The number of nitrogens with zero attached hydrogens (tertiary/aromatic N) is 2. The lowest BCUT2D eigenvalue weighted by Crippen LogP contribution is -2.40. The highest BCUT2D eigenvalue weighted by atomic mass is 35.5. The lowest BCUT2D eigenvalue weighted by Gasteiger charge is -2.38. The second-order valence-corrected chi connectivity index (χ2v) is 6.46. The van der Waals surface area contributed by atoms with E-state index in [0.29, 0.717) is 0 Å². The van der Waals surface area contributed by atoms with Crippen LogP contribution in [-0.4, -0.2) is 49.1 Å². The van der Waals surface area contributed by atoms with Crippen molar-refractivity contribution >= 4 is 24.8 Å². The van der Waals surface area contributed by atoms with Gasteiger partial charge in [0, 0.05) is 13.1 Å². The molecule has 0 unspecified atom stereocenters. The Morgan fingerprint density at radius 2 is 0.955 bits per heavy atom. The van der Waals surface area contributed by atoms with Crippen LogP contribution in [0.2, 0.25) is 0 Å². The van der Waals surface area contributed by atoms with E-state index >= 15 is 0 Å². The third-order valence-electron chi connectivity index (χ3n) is 5.31. The van der Waals surface area contributed by atoms with Gasteiger partial charge in [-0.1, -0.05) is 38.8 Å². The summed E-state index contributed by atoms with van der Waals surface area (Å²) in [4.78, 5) is 5.21. The molecule has 1 aliphatic rings. The van der Waals surface area contributed by atoms with E-state index in [4.69, 9.17) is 0 Å². The van der Waals surface area contributed by atoms with E-state index < -0.39 is 0 Å². The van der Waals surface area contributed by atoms with E-state index in [-0.39, 0.29) is 24.8 Å². The lowest BCUT2D eigenvalue weighted by atomic mass is 9.76. The zero-order chi connectivity index (χ0) is 15.1. The van der Waals surface area contributed by atoms with Gasteiger partial charge in [0.1, 0.15) is 0 Å². The van der Waals surface area contributed by atoms with Crippen LogP contribution in [-0.2, 0) is 0 Å². The van der Waals surface area contributed by atoms with Crippen LogP contribution in [0.5, 0.6) is 0 Å². The maximum atomic E-state index is 2.60. The minimum absolute atomic E-state index is 0. The summed E-state index contributed by atoms with van der Waals surface area (Å²) < 4.78 is 0. The van der Waals surface area contributed by atoms with Crippen molar-refractivity contribution < 1.29 is 0 Å². The van der Waals surface area contributed by atoms with Crippen molar-refractivity contribution in [2.75, 3.05) is 39.3 Å². The van der Waals surface area contributed by atoms with Gasteiger partial charge in [-0.2, -0.15) is 0 Å². The van der Waals surface area contributed by atoms with Gasteiger partial charge in [-0.3, -0.25) is 0 Å². The summed E-state index contributed by atoms with van der Waals surface area (Å²) in [7, 11) is 0. The topological polar surface area (TPSA) is 6.48 Å². The molecule has 2 nitrogen and oxygen atoms in total. The Labute approximate surface area is 151 Å². The number of hydrogen-bond donors (Lipinski definition) is 0. The van der Waals surface area contributed by atoms with Crippen LogP contribution in [0, 0.1) is 11.8 Å². The Hall–Kier alpha value is 0.240. The maximum absolute atomic E-state index is 2.60. The molecule has 0 aromatic rings. The molecule has 0 aliphatic heterocycles. The van der Waals surface area contributed by atoms with E-state index in [1.165, 1.54) is 52.1 Å². The Kier molecular flexibility index (Phi) is 14.1. The fourth-order valence-corrected chi connectivity index (χ4v) is 3.52. The van der Waals surface area contributed by atoms with Gasteiger partial charge in [0.05, 0.1) is 0 Å². The van der Waals surface area contributed by atoms with Crippen molar-refractivity contribution in [3.8, 4) is 0 Å². The van der Waals surface area contributed by atoms with Crippen molar-refractivity contribution in [3.05, 3.63) is 11.1 Å². The van der Waals surface area contributed by atoms with Gasteiger partial charge in [-0.25, -0.2) is 0 Å². The van der Waals surface area contributed by atoms with E-state index in [2.05, 4.69) is 51.3 Å². The molecule has 134 valence electrons. The normalized spacial score (nSPS) is 21.8. The molecule has 0 aromatic heterocycles. The summed E-state index contributed by atoms with van der Waals surface area (Å²) in [6, 6.07) is 0. The molecule has 0 aromatic carbocycles. The fourth-order valence-electron chi connectivity index (χ4n) is 3.52. The summed E-state index contributed by atoms with van der Waals surface area (Å²) in [5.74, 6) is 1.69. The van der Waals surface area contributed by atoms with Crippen molar-refractivity contribution in [2.45, 2.75) is 54.4 Å². The van der Waals surface area contributed by atoms with Crippen LogP contribution in [0.15, 0.2) is 11.1 Å². The van der Waals surface area contributed by atoms with Gasteiger partial charge < -0.3 is 9.80 Å². The fraction of sp³-hybridized carbons (Fsp3) is 0.889. The quantitative estimate of drug-likeness (QED) is 0.574. The van der Waals surface area contributed by atoms with Crippen molar-refractivity contribution in [1.82, 2.24) is 9.80 Å². The predicted octanol–water partition coefficient (Wildman–Crippen LogP) is 4.88. The molecule has 1 aliphatic carbocycles. The minimum Gasteiger partial charge on any atom is -0.304 e. The first-order valence-corrected chi connectivity index (χ1v) is 8.65. The Bertz CT molecular complexity index is 280. The highest BCUT2D eigenvalue weighted by Crippen LogP contribution is 2.35. The van der Waals surface area contributed by atoms with Gasteiger partial charge in [-0.05, 0) is 64.7 Å². The maximum Gasteiger partial charge on any atom is 0.00157 e. The molecule has 4 heteroatoms. The third kappa shape index (κ3) is 7.21. The largest absolute Gasteiger partial charge is 0.304 e. The highest BCUT2D eigenvalue weighted by Gasteiger charge is 2.29. The number of hydrogen-bond acceptors (Lipinski definition) is 2. The first-order chi connectivity index (χ1) is 9.55. The lowest BCUT2D eigenvalue weighted by molar-refractivity contribution is 0.149. The highest BCUT2D eigenvalue weighted by molar-refractivity contribution is 5.85. The van der Waals surface area contributed by atoms with Crippen LogP contribution < -0.4 is 0 Å². The summed E-state index contributed by atoms with van der Waals surface area (Å²) in [6.45, 7) is 21.2. The zero-order valence-corrected chi connectivity index (χ0v) is 17.2. The molecule has 1 rings (SSSR count). The second-order valence-electron chi connectivity index (χ2n) is 6.46. The molecule has 0 heterocycles. The second kappa shape index (κ2) is 12.6. The summed E-state index contributed by atoms with van der Waals surface area (Å²) in [6.07, 6.45) is 2.63. The Morgan fingerprint density at radius 3 is 1.18 bits per heavy atom. The van der Waals surface area contributed by atoms with Gasteiger partial charge in [0.25, 0.3) is 0 Å². The molecular weight excluding hydrogens is 315 g/mol. The van der Waals surface area contributed by atoms with Crippen molar-refractivity contribution in [3.63, 3.8) is 0 Å². The monoisotopic (exact) mass is 352 g/mol. The molecule has 0 saturated heterocycles. The van der Waals surface area contributed by atoms with Crippen LogP contribution >= 0.6 is 24.8 Å². The summed E-state index contributed by atoms with van der Waals surface area (Å²) >= 11 is 0. The molecule has 0 saturated carbocycles. The average Bonchev–Trinajstić information content (AvgIpc) is 2.46. The van der Waals surface area contributed by atoms with Gasteiger partial charge in [-0.15, -0.1) is 24.8 Å². The molecule has 0 fully saturated rings. The van der Waals surface area contributed by atoms with Gasteiger partial charge in [0.2, 0.25) is 0 Å². The summed E-state index contributed by atoms with van der Waals surface area (Å²) in [5.41, 5.74) is 3.30. The molecular formula is C18H38Cl2N2. The van der Waals surface area contributed by atoms with Gasteiger partial charge in [0.15, 0.2) is 0 Å². The molecule has 0 bridgehead atoms. The molecule has 2 atom stereocenters. The van der Waals surface area contributed by atoms with Crippen LogP contribution in [0.25, 0.3) is 0 Å². The first kappa shape index (κ1) is 24.5. The third-order valence-corrected chi connectivity index (χ3v) is 5.31. The van der Waals surface area contributed by atoms with E-state index in [9.17, 15) is 0 Å². The Morgan fingerprint density at radius 1 is 0.682 bits per heavy atom. The smallest absolute Gasteiger partial charge is 0.00157 e. The van der Waals surface area contributed by atoms with E-state index in [0.717, 1.165) is 11.8 Å². The predicted molar refractivity (Wildman–Crippen MR) is 105 cm³/mol. The SMILES string of the molecule is CCN(CC)C[C@H]1CC(C)=C(C)C[C@@H]1CN(CC)CC.Cl.Cl. The zero-order valence-electron chi connectivity index (χ0n) is 15.5. The number of allylic oxidation sites excluding steroid dienone is 2. The molecule has 0 radical (unpaired) electrons. The van der Waals surface area contributed by atoms with E-state index in [1.807, 2.05) is 0 Å². The van der Waals surface area contributed by atoms with Crippen molar-refractivity contribution in [1.29, 1.82) is 0 Å². The minimum atomic E-state index is 0. The van der Waals surface area contributed by atoms with Crippen LogP contribution in [0.4, 0.5) is 0 Å². The van der Waals surface area contributed by atoms with Crippen LogP contribution in [0.1, 0.15) is 54.4 Å².